The lowest BCUT2D eigenvalue weighted by Crippen LogP contribution is -2.44. The highest BCUT2D eigenvalue weighted by Crippen LogP contribution is 2.27. The second kappa shape index (κ2) is 12.7. The molecule has 1 aliphatic rings. The molecule has 0 aliphatic carbocycles. The molecule has 0 spiro atoms. The molecular weight excluding hydrogens is 485 g/mol. The molecule has 198 valence electrons. The monoisotopic (exact) mass is 516 g/mol. The predicted octanol–water partition coefficient (Wildman–Crippen LogP) is 4.64. The third kappa shape index (κ3) is 8.59. The molecular formula is C28H31F3N2O4. The fraction of sp³-hybridized carbons (Fsp3) is 0.321. The molecule has 4 rings (SSSR count). The van der Waals surface area contributed by atoms with Gasteiger partial charge in [-0.05, 0) is 35.2 Å². The van der Waals surface area contributed by atoms with Crippen LogP contribution in [0.4, 0.5) is 13.2 Å². The Morgan fingerprint density at radius 1 is 1.00 bits per heavy atom. The fourth-order valence-electron chi connectivity index (χ4n) is 4.22. The average molecular weight is 517 g/mol. The van der Waals surface area contributed by atoms with Gasteiger partial charge in [0, 0.05) is 26.2 Å². The van der Waals surface area contributed by atoms with E-state index in [-0.39, 0.29) is 6.04 Å². The number of carbonyl (C=O) groups is 1. The number of hydrogen-bond acceptors (Lipinski definition) is 5. The summed E-state index contributed by atoms with van der Waals surface area (Å²) in [5.74, 6) is -1.91. The van der Waals surface area contributed by atoms with Crippen LogP contribution in [-0.2, 0) is 11.3 Å². The number of rotatable bonds is 8. The Kier molecular flexibility index (Phi) is 9.68. The number of methoxy groups -OCH3 is 1. The van der Waals surface area contributed by atoms with E-state index in [2.05, 4.69) is 70.9 Å². The van der Waals surface area contributed by atoms with Crippen LogP contribution in [0.1, 0.15) is 29.2 Å². The number of carboxylic acids is 1. The maximum Gasteiger partial charge on any atom is 0.490 e. The Bertz CT molecular complexity index is 1110. The summed E-state index contributed by atoms with van der Waals surface area (Å²) in [6, 6.07) is 29.0. The molecule has 37 heavy (non-hydrogen) atoms. The van der Waals surface area contributed by atoms with E-state index in [1.807, 2.05) is 24.3 Å². The lowest BCUT2D eigenvalue weighted by Gasteiger charge is -2.28. The Hall–Kier alpha value is -3.40. The minimum absolute atomic E-state index is 0.0179. The number of benzene rings is 3. The van der Waals surface area contributed by atoms with Crippen LogP contribution in [0.25, 0.3) is 0 Å². The first kappa shape index (κ1) is 28.2. The van der Waals surface area contributed by atoms with Gasteiger partial charge in [-0.3, -0.25) is 4.90 Å². The van der Waals surface area contributed by atoms with E-state index in [0.717, 1.165) is 30.8 Å². The Morgan fingerprint density at radius 3 is 2.08 bits per heavy atom. The molecule has 9 heteroatoms. The third-order valence-electron chi connectivity index (χ3n) is 6.12. The van der Waals surface area contributed by atoms with Crippen molar-refractivity contribution >= 4 is 5.97 Å². The molecule has 6 nitrogen and oxygen atoms in total. The van der Waals surface area contributed by atoms with Gasteiger partial charge in [-0.15, -0.1) is 0 Å². The Morgan fingerprint density at radius 2 is 1.54 bits per heavy atom. The highest BCUT2D eigenvalue weighted by molar-refractivity contribution is 5.73. The predicted molar refractivity (Wildman–Crippen MR) is 134 cm³/mol. The van der Waals surface area contributed by atoms with Gasteiger partial charge in [0.05, 0.1) is 18.8 Å². The van der Waals surface area contributed by atoms with Gasteiger partial charge in [0.2, 0.25) is 0 Å². The maximum absolute atomic E-state index is 11.2. The number of aliphatic carboxylic acids is 1. The van der Waals surface area contributed by atoms with E-state index in [1.54, 1.807) is 7.11 Å². The van der Waals surface area contributed by atoms with E-state index in [0.29, 0.717) is 13.1 Å². The van der Waals surface area contributed by atoms with Gasteiger partial charge < -0.3 is 20.3 Å². The molecule has 3 aromatic rings. The molecule has 0 saturated carbocycles. The standard InChI is InChI=1S/C26H30N2O2.C2HF3O2/c1-30-24-14-12-23(13-15-24)25(22-10-6-3-7-11-22)27-19-26(29)16-17-28(20-26)18-21-8-4-2-5-9-21;3-2(4,5)1(6)7/h2-15,25,27,29H,16-20H2,1H3;(H,6,7). The van der Waals surface area contributed by atoms with Gasteiger partial charge in [-0.25, -0.2) is 4.79 Å². The van der Waals surface area contributed by atoms with Gasteiger partial charge in [0.15, 0.2) is 0 Å². The van der Waals surface area contributed by atoms with E-state index in [4.69, 9.17) is 14.6 Å². The van der Waals surface area contributed by atoms with Crippen LogP contribution in [0.15, 0.2) is 84.9 Å². The van der Waals surface area contributed by atoms with Crippen molar-refractivity contribution in [1.82, 2.24) is 10.2 Å². The number of nitrogens with one attached hydrogen (secondary N) is 1. The number of β-amino-alcohol motifs (C(OH)–C–C–N with tert-alkyl or cyclic N) is 1. The minimum atomic E-state index is -5.08. The van der Waals surface area contributed by atoms with Crippen molar-refractivity contribution in [2.75, 3.05) is 26.7 Å². The van der Waals surface area contributed by atoms with E-state index < -0.39 is 17.7 Å². The van der Waals surface area contributed by atoms with Crippen molar-refractivity contribution in [1.29, 1.82) is 0 Å². The van der Waals surface area contributed by atoms with Gasteiger partial charge >= 0.3 is 12.1 Å². The van der Waals surface area contributed by atoms with Crippen molar-refractivity contribution in [3.8, 4) is 5.75 Å². The summed E-state index contributed by atoms with van der Waals surface area (Å²) < 4.78 is 37.0. The normalized spacial score (nSPS) is 18.5. The molecule has 1 saturated heterocycles. The zero-order valence-corrected chi connectivity index (χ0v) is 20.5. The number of likely N-dealkylation sites (tertiary alicyclic amines) is 1. The zero-order chi connectivity index (χ0) is 26.9. The lowest BCUT2D eigenvalue weighted by molar-refractivity contribution is -0.192. The van der Waals surface area contributed by atoms with E-state index in [1.165, 1.54) is 11.1 Å². The number of aliphatic hydroxyl groups is 1. The number of alkyl halides is 3. The smallest absolute Gasteiger partial charge is 0.490 e. The summed E-state index contributed by atoms with van der Waals surface area (Å²) in [6.07, 6.45) is -4.31. The SMILES string of the molecule is COc1ccc(C(NCC2(O)CCN(Cc3ccccc3)C2)c2ccccc2)cc1.O=C(O)C(F)(F)F. The summed E-state index contributed by atoms with van der Waals surface area (Å²) in [5.41, 5.74) is 2.90. The second-order valence-electron chi connectivity index (χ2n) is 8.97. The first-order chi connectivity index (χ1) is 17.6. The lowest BCUT2D eigenvalue weighted by atomic mass is 9.96. The van der Waals surface area contributed by atoms with Crippen LogP contribution >= 0.6 is 0 Å². The minimum Gasteiger partial charge on any atom is -0.497 e. The molecule has 3 N–H and O–H groups in total. The van der Waals surface area contributed by atoms with Crippen molar-refractivity contribution < 1.29 is 32.9 Å². The number of hydrogen-bond donors (Lipinski definition) is 3. The van der Waals surface area contributed by atoms with Gasteiger partial charge in [0.1, 0.15) is 5.75 Å². The number of ether oxygens (including phenoxy) is 1. The first-order valence-electron chi connectivity index (χ1n) is 11.8. The summed E-state index contributed by atoms with van der Waals surface area (Å²) in [5, 5.41) is 22.0. The van der Waals surface area contributed by atoms with Gasteiger partial charge in [-0.2, -0.15) is 13.2 Å². The van der Waals surface area contributed by atoms with Crippen LogP contribution in [0.2, 0.25) is 0 Å². The van der Waals surface area contributed by atoms with Gasteiger partial charge in [0.25, 0.3) is 0 Å². The highest BCUT2D eigenvalue weighted by Gasteiger charge is 2.38. The van der Waals surface area contributed by atoms with Crippen molar-refractivity contribution in [2.45, 2.75) is 30.8 Å². The largest absolute Gasteiger partial charge is 0.497 e. The molecule has 1 fully saturated rings. The zero-order valence-electron chi connectivity index (χ0n) is 20.5. The molecule has 0 amide bonds. The topological polar surface area (TPSA) is 82.0 Å². The maximum atomic E-state index is 11.2. The highest BCUT2D eigenvalue weighted by atomic mass is 19.4. The van der Waals surface area contributed by atoms with E-state index >= 15 is 0 Å². The Labute approximate surface area is 214 Å². The quantitative estimate of drug-likeness (QED) is 0.405. The number of nitrogens with zero attached hydrogens (tertiary/aromatic N) is 1. The van der Waals surface area contributed by atoms with Crippen molar-refractivity contribution in [2.24, 2.45) is 0 Å². The van der Waals surface area contributed by atoms with E-state index in [9.17, 15) is 18.3 Å². The third-order valence-corrected chi connectivity index (χ3v) is 6.12. The molecule has 0 radical (unpaired) electrons. The summed E-state index contributed by atoms with van der Waals surface area (Å²) in [4.78, 5) is 11.2. The molecule has 1 aliphatic heterocycles. The van der Waals surface area contributed by atoms with Crippen LogP contribution < -0.4 is 10.1 Å². The fourth-order valence-corrected chi connectivity index (χ4v) is 4.22. The van der Waals surface area contributed by atoms with Crippen LogP contribution in [0, 0.1) is 0 Å². The summed E-state index contributed by atoms with van der Waals surface area (Å²) in [6.45, 7) is 3.01. The van der Waals surface area contributed by atoms with Crippen LogP contribution in [0.3, 0.4) is 0 Å². The molecule has 0 bridgehead atoms. The Balaban J connectivity index is 0.000000479. The molecule has 1 heterocycles. The average Bonchev–Trinajstić information content (AvgIpc) is 3.26. The molecule has 3 aromatic carbocycles. The molecule has 2 atom stereocenters. The van der Waals surface area contributed by atoms with Crippen LogP contribution in [0.5, 0.6) is 5.75 Å². The summed E-state index contributed by atoms with van der Waals surface area (Å²) >= 11 is 0. The number of halogens is 3. The first-order valence-corrected chi connectivity index (χ1v) is 11.8. The van der Waals surface area contributed by atoms with Crippen LogP contribution in [-0.4, -0.2) is 59.6 Å². The summed E-state index contributed by atoms with van der Waals surface area (Å²) in [7, 11) is 1.68. The van der Waals surface area contributed by atoms with Gasteiger partial charge in [-0.1, -0.05) is 72.8 Å². The molecule has 2 unspecified atom stereocenters. The molecule has 0 aromatic heterocycles. The van der Waals surface area contributed by atoms with Crippen molar-refractivity contribution in [3.05, 3.63) is 102 Å². The second-order valence-corrected chi connectivity index (χ2v) is 8.97. The van der Waals surface area contributed by atoms with Crippen molar-refractivity contribution in [3.63, 3.8) is 0 Å². The number of carboxylic acid groups (broad SMARTS) is 1.